The van der Waals surface area contributed by atoms with Crippen LogP contribution in [0.4, 0.5) is 0 Å². The number of ether oxygens (including phenoxy) is 4. The van der Waals surface area contributed by atoms with Gasteiger partial charge in [-0.2, -0.15) is 0 Å². The fourth-order valence-corrected chi connectivity index (χ4v) is 11.7. The molecule has 0 radical (unpaired) electrons. The minimum Gasteiger partial charge on any atom is -0.462 e. The molecule has 0 aromatic heterocycles. The largest absolute Gasteiger partial charge is 0.472 e. The van der Waals surface area contributed by atoms with Gasteiger partial charge in [0.05, 0.1) is 26.4 Å². The van der Waals surface area contributed by atoms with E-state index >= 15 is 0 Å². The highest BCUT2D eigenvalue weighted by atomic mass is 31.2. The molecule has 0 aliphatic heterocycles. The highest BCUT2D eigenvalue weighted by molar-refractivity contribution is 7.47. The van der Waals surface area contributed by atoms with Crippen molar-refractivity contribution in [3.8, 4) is 0 Å². The fourth-order valence-electron chi connectivity index (χ4n) is 10.1. The molecule has 3 N–H and O–H groups in total. The van der Waals surface area contributed by atoms with Gasteiger partial charge >= 0.3 is 39.5 Å². The van der Waals surface area contributed by atoms with Gasteiger partial charge in [-0.1, -0.05) is 280 Å². The van der Waals surface area contributed by atoms with Crippen LogP contribution in [0, 0.1) is 23.7 Å². The number of phosphoric acid groups is 2. The lowest BCUT2D eigenvalue weighted by Crippen LogP contribution is -2.30. The zero-order chi connectivity index (χ0) is 64.7. The number of unbranched alkanes of at least 4 members (excludes halogenated alkanes) is 29. The van der Waals surface area contributed by atoms with Crippen LogP contribution < -0.4 is 0 Å². The lowest BCUT2D eigenvalue weighted by Gasteiger charge is -2.21. The standard InChI is InChI=1S/C68H132O17P2/c1-9-60(7)46-38-30-23-26-32-40-48-65(70)78-54-63(84-67(72)50-42-34-21-19-17-15-13-11-12-14-16-18-20-28-36-44-58(3)4)56-82-86(74,75)80-52-62(69)53-81-87(76,77)83-57-64(85-68(73)51-43-35-25-22-29-37-45-59(5)6)55-79-66(71)49-41-33-27-24-31-39-47-61(8)10-2/h58-64,69H,9-57H2,1-8H3,(H,74,75)(H,76,77)/t60?,61?,62-,63+,64+/m0/s1. The number of hydrogen-bond donors (Lipinski definition) is 3. The molecule has 87 heavy (non-hydrogen) atoms. The van der Waals surface area contributed by atoms with Crippen molar-refractivity contribution in [2.75, 3.05) is 39.6 Å². The predicted octanol–water partition coefficient (Wildman–Crippen LogP) is 18.9. The Morgan fingerprint density at radius 3 is 0.816 bits per heavy atom. The molecule has 0 saturated carbocycles. The Labute approximate surface area is 530 Å². The van der Waals surface area contributed by atoms with Gasteiger partial charge in [-0.15, -0.1) is 0 Å². The molecular formula is C68H132O17P2. The normalized spacial score (nSPS) is 15.0. The summed E-state index contributed by atoms with van der Waals surface area (Å²) in [5, 5.41) is 10.6. The number of phosphoric ester groups is 2. The Morgan fingerprint density at radius 2 is 0.552 bits per heavy atom. The smallest absolute Gasteiger partial charge is 0.462 e. The van der Waals surface area contributed by atoms with E-state index in [1.807, 2.05) is 0 Å². The van der Waals surface area contributed by atoms with Crippen molar-refractivity contribution in [3.05, 3.63) is 0 Å². The molecule has 0 amide bonds. The van der Waals surface area contributed by atoms with Crippen molar-refractivity contribution in [1.29, 1.82) is 0 Å². The van der Waals surface area contributed by atoms with Crippen LogP contribution in [0.1, 0.15) is 331 Å². The second-order valence-electron chi connectivity index (χ2n) is 26.0. The predicted molar refractivity (Wildman–Crippen MR) is 349 cm³/mol. The van der Waals surface area contributed by atoms with Crippen LogP contribution in [-0.2, 0) is 65.4 Å². The van der Waals surface area contributed by atoms with Gasteiger partial charge in [0.1, 0.15) is 19.3 Å². The van der Waals surface area contributed by atoms with Crippen LogP contribution in [0.25, 0.3) is 0 Å². The molecule has 0 spiro atoms. The summed E-state index contributed by atoms with van der Waals surface area (Å²) >= 11 is 0. The Bertz CT molecular complexity index is 1730. The maximum Gasteiger partial charge on any atom is 0.472 e. The van der Waals surface area contributed by atoms with Crippen LogP contribution >= 0.6 is 15.6 Å². The Balaban J connectivity index is 5.20. The SMILES string of the molecule is CCC(C)CCCCCCCCC(=O)OC[C@H](COP(=O)(O)OC[C@H](O)COP(=O)(O)OC[C@@H](COC(=O)CCCCCCCCC(C)CC)OC(=O)CCCCCCCCC(C)C)OC(=O)CCCCCCCCCCCCCCCCCC(C)C. The summed E-state index contributed by atoms with van der Waals surface area (Å²) in [4.78, 5) is 72.3. The minimum atomic E-state index is -4.95. The zero-order valence-corrected chi connectivity index (χ0v) is 58.4. The van der Waals surface area contributed by atoms with Gasteiger partial charge < -0.3 is 33.8 Å². The molecule has 17 nitrogen and oxygen atoms in total. The van der Waals surface area contributed by atoms with E-state index in [0.717, 1.165) is 120 Å². The second kappa shape index (κ2) is 57.9. The lowest BCUT2D eigenvalue weighted by atomic mass is 10.00. The quantitative estimate of drug-likeness (QED) is 0.0222. The maximum absolute atomic E-state index is 13.0. The topological polar surface area (TPSA) is 237 Å². The van der Waals surface area contributed by atoms with Crippen LogP contribution in [0.3, 0.4) is 0 Å². The van der Waals surface area contributed by atoms with Crippen molar-refractivity contribution < 1.29 is 80.2 Å². The molecule has 0 aliphatic rings. The van der Waals surface area contributed by atoms with Crippen molar-refractivity contribution in [2.24, 2.45) is 23.7 Å². The van der Waals surface area contributed by atoms with Crippen LogP contribution in [0.2, 0.25) is 0 Å². The third-order valence-electron chi connectivity index (χ3n) is 16.3. The van der Waals surface area contributed by atoms with Gasteiger partial charge in [0.15, 0.2) is 12.2 Å². The first-order valence-electron chi connectivity index (χ1n) is 35.3. The molecule has 0 aromatic rings. The minimum absolute atomic E-state index is 0.101. The molecular weight excluding hydrogens is 1150 g/mol. The molecule has 0 heterocycles. The van der Waals surface area contributed by atoms with Gasteiger partial charge in [0.25, 0.3) is 0 Å². The highest BCUT2D eigenvalue weighted by Crippen LogP contribution is 2.45. The summed E-state index contributed by atoms with van der Waals surface area (Å²) in [6.07, 6.45) is 39.2. The van der Waals surface area contributed by atoms with E-state index in [2.05, 4.69) is 55.4 Å². The summed E-state index contributed by atoms with van der Waals surface area (Å²) in [6, 6.07) is 0. The third-order valence-corrected chi connectivity index (χ3v) is 18.2. The van der Waals surface area contributed by atoms with E-state index in [0.29, 0.717) is 31.6 Å². The number of aliphatic hydroxyl groups excluding tert-OH is 1. The maximum atomic E-state index is 13.0. The number of carbonyl (C=O) groups is 4. The monoisotopic (exact) mass is 1280 g/mol. The Morgan fingerprint density at radius 1 is 0.322 bits per heavy atom. The molecule has 0 aliphatic carbocycles. The van der Waals surface area contributed by atoms with Crippen molar-refractivity contribution in [3.63, 3.8) is 0 Å². The first-order chi connectivity index (χ1) is 41.7. The molecule has 0 saturated heterocycles. The Kier molecular flexibility index (Phi) is 56.6. The highest BCUT2D eigenvalue weighted by Gasteiger charge is 2.30. The molecule has 7 atom stereocenters. The van der Waals surface area contributed by atoms with Crippen LogP contribution in [0.5, 0.6) is 0 Å². The summed E-state index contributed by atoms with van der Waals surface area (Å²) < 4.78 is 68.1. The molecule has 19 heteroatoms. The van der Waals surface area contributed by atoms with E-state index < -0.39 is 97.5 Å². The summed E-state index contributed by atoms with van der Waals surface area (Å²) in [5.41, 5.74) is 0. The van der Waals surface area contributed by atoms with Crippen molar-refractivity contribution >= 4 is 39.5 Å². The molecule has 0 aromatic carbocycles. The molecule has 516 valence electrons. The van der Waals surface area contributed by atoms with Gasteiger partial charge in [0.2, 0.25) is 0 Å². The lowest BCUT2D eigenvalue weighted by molar-refractivity contribution is -0.161. The van der Waals surface area contributed by atoms with E-state index in [4.69, 9.17) is 37.0 Å². The molecule has 0 bridgehead atoms. The average molecular weight is 1280 g/mol. The van der Waals surface area contributed by atoms with Crippen molar-refractivity contribution in [2.45, 2.75) is 350 Å². The van der Waals surface area contributed by atoms with Crippen LogP contribution in [-0.4, -0.2) is 96.7 Å². The number of rotatable bonds is 65. The van der Waals surface area contributed by atoms with E-state index in [9.17, 15) is 43.2 Å². The number of hydrogen-bond acceptors (Lipinski definition) is 15. The first-order valence-corrected chi connectivity index (χ1v) is 38.3. The summed E-state index contributed by atoms with van der Waals surface area (Å²) in [5.74, 6) is 0.795. The van der Waals surface area contributed by atoms with E-state index in [1.165, 1.54) is 122 Å². The molecule has 4 unspecified atom stereocenters. The number of aliphatic hydroxyl groups is 1. The zero-order valence-electron chi connectivity index (χ0n) is 56.6. The van der Waals surface area contributed by atoms with Crippen LogP contribution in [0.15, 0.2) is 0 Å². The van der Waals surface area contributed by atoms with E-state index in [-0.39, 0.29) is 25.7 Å². The van der Waals surface area contributed by atoms with Gasteiger partial charge in [-0.25, -0.2) is 9.13 Å². The van der Waals surface area contributed by atoms with Gasteiger partial charge in [-0.05, 0) is 49.4 Å². The summed E-state index contributed by atoms with van der Waals surface area (Å²) in [6.45, 7) is 14.0. The Hall–Kier alpha value is -1.94. The first kappa shape index (κ1) is 85.1. The average Bonchev–Trinajstić information content (AvgIpc) is 3.52. The third kappa shape index (κ3) is 60.1. The summed E-state index contributed by atoms with van der Waals surface area (Å²) in [7, 11) is -9.90. The van der Waals surface area contributed by atoms with Gasteiger partial charge in [0, 0.05) is 25.7 Å². The molecule has 0 fully saturated rings. The second-order valence-corrected chi connectivity index (χ2v) is 28.9. The molecule has 0 rings (SSSR count). The number of esters is 4. The van der Waals surface area contributed by atoms with Gasteiger partial charge in [-0.3, -0.25) is 37.3 Å². The fraction of sp³-hybridized carbons (Fsp3) is 0.941. The number of carbonyl (C=O) groups excluding carboxylic acids is 4. The van der Waals surface area contributed by atoms with E-state index in [1.54, 1.807) is 0 Å². The van der Waals surface area contributed by atoms with Crippen molar-refractivity contribution in [1.82, 2.24) is 0 Å².